The zero-order valence-electron chi connectivity index (χ0n) is 20.2. The van der Waals surface area contributed by atoms with E-state index >= 15 is 0 Å². The van der Waals surface area contributed by atoms with Crippen molar-refractivity contribution in [2.45, 2.75) is 57.1 Å². The van der Waals surface area contributed by atoms with Crippen LogP contribution in [0.15, 0.2) is 36.8 Å². The summed E-state index contributed by atoms with van der Waals surface area (Å²) in [7, 11) is 0. The van der Waals surface area contributed by atoms with Crippen LogP contribution in [0.25, 0.3) is 21.9 Å². The van der Waals surface area contributed by atoms with E-state index in [-0.39, 0.29) is 10.8 Å². The van der Waals surface area contributed by atoms with E-state index in [2.05, 4.69) is 15.0 Å². The predicted molar refractivity (Wildman–Crippen MR) is 138 cm³/mol. The first-order chi connectivity index (χ1) is 17.6. The Morgan fingerprint density at radius 2 is 2.03 bits per heavy atom. The number of nitrogens with two attached hydrogens (primary N) is 1. The lowest BCUT2D eigenvalue weighted by Crippen LogP contribution is -2.45. The molecule has 0 amide bonds. The van der Waals surface area contributed by atoms with Gasteiger partial charge in [-0.15, -0.1) is 0 Å². The molecular formula is C26H24Cl2FN5O3. The lowest BCUT2D eigenvalue weighted by molar-refractivity contribution is -0.189. The molecule has 0 spiro atoms. The molecule has 4 heterocycles. The molecule has 1 aliphatic carbocycles. The number of aromatic nitrogens is 4. The van der Waals surface area contributed by atoms with Crippen LogP contribution in [-0.4, -0.2) is 37.7 Å². The van der Waals surface area contributed by atoms with Gasteiger partial charge in [-0.25, -0.2) is 19.3 Å². The van der Waals surface area contributed by atoms with Crippen molar-refractivity contribution < 1.29 is 18.7 Å². The Balaban J connectivity index is 1.38. The van der Waals surface area contributed by atoms with Crippen molar-refractivity contribution in [2.75, 3.05) is 5.73 Å². The van der Waals surface area contributed by atoms with Gasteiger partial charge in [-0.1, -0.05) is 23.2 Å². The number of hydrogen-bond acceptors (Lipinski definition) is 7. The Hall–Kier alpha value is -2.85. The fraction of sp³-hybridized carbons (Fsp3) is 0.385. The van der Waals surface area contributed by atoms with Crippen LogP contribution in [0.2, 0.25) is 10.2 Å². The molecule has 0 radical (unpaired) electrons. The number of hydrogen-bond donors (Lipinski definition) is 1. The number of benzene rings is 1. The van der Waals surface area contributed by atoms with Gasteiger partial charge in [0.2, 0.25) is 0 Å². The van der Waals surface area contributed by atoms with Crippen molar-refractivity contribution in [3.05, 3.63) is 58.3 Å². The molecule has 2 N–H and O–H groups in total. The summed E-state index contributed by atoms with van der Waals surface area (Å²) < 4.78 is 29.8. The Morgan fingerprint density at radius 1 is 1.22 bits per heavy atom. The van der Waals surface area contributed by atoms with Crippen molar-refractivity contribution in [1.29, 1.82) is 0 Å². The van der Waals surface area contributed by atoms with Gasteiger partial charge >= 0.3 is 0 Å². The number of fused-ring (bicyclic) bond motifs is 3. The van der Waals surface area contributed by atoms with Gasteiger partial charge in [-0.05, 0) is 69.4 Å². The number of aldehydes is 1. The molecule has 1 saturated heterocycles. The maximum absolute atomic E-state index is 14.9. The van der Waals surface area contributed by atoms with Crippen molar-refractivity contribution in [3.63, 3.8) is 0 Å². The van der Waals surface area contributed by atoms with E-state index in [9.17, 15) is 9.18 Å². The number of halogens is 3. The minimum absolute atomic E-state index is 0.136. The number of nitrogen functional groups attached to an aromatic ring is 1. The Bertz CT molecular complexity index is 1580. The van der Waals surface area contributed by atoms with Gasteiger partial charge in [0, 0.05) is 11.6 Å². The minimum atomic E-state index is -0.967. The van der Waals surface area contributed by atoms with E-state index in [1.165, 1.54) is 18.5 Å². The first-order valence-corrected chi connectivity index (χ1v) is 12.7. The van der Waals surface area contributed by atoms with Gasteiger partial charge in [0.05, 0.1) is 21.3 Å². The molecule has 2 aliphatic rings. The molecule has 3 aromatic heterocycles. The number of rotatable bonds is 5. The maximum Gasteiger partial charge on any atom is 0.176 e. The van der Waals surface area contributed by atoms with E-state index in [0.717, 1.165) is 6.29 Å². The Labute approximate surface area is 221 Å². The summed E-state index contributed by atoms with van der Waals surface area (Å²) in [6, 6.07) is 6.53. The third-order valence-electron chi connectivity index (χ3n) is 7.58. The first kappa shape index (κ1) is 24.5. The van der Waals surface area contributed by atoms with E-state index < -0.39 is 28.8 Å². The van der Waals surface area contributed by atoms with Crippen LogP contribution in [0.4, 0.5) is 10.2 Å². The zero-order valence-corrected chi connectivity index (χ0v) is 21.7. The Kier molecular flexibility index (Phi) is 5.51. The summed E-state index contributed by atoms with van der Waals surface area (Å²) >= 11 is 12.3. The molecule has 6 rings (SSSR count). The monoisotopic (exact) mass is 543 g/mol. The molecule has 1 aliphatic heterocycles. The molecule has 37 heavy (non-hydrogen) atoms. The van der Waals surface area contributed by atoms with Crippen LogP contribution < -0.4 is 5.73 Å². The van der Waals surface area contributed by atoms with E-state index in [1.54, 1.807) is 6.07 Å². The molecular weight excluding hydrogens is 520 g/mol. The highest BCUT2D eigenvalue weighted by molar-refractivity contribution is 6.34. The fourth-order valence-corrected chi connectivity index (χ4v) is 6.27. The average molecular weight is 544 g/mol. The van der Waals surface area contributed by atoms with Gasteiger partial charge in [-0.2, -0.15) is 0 Å². The SMILES string of the molecule is CC1(C)O[C@@H]2[C@@](C=O)(CCc3cc(F)c4cc(Cl)c(N)nc4c3)CC[C@@]2(n2ccc3c(Cl)ncnc32)O1. The summed E-state index contributed by atoms with van der Waals surface area (Å²) in [5.41, 5.74) is 5.70. The molecule has 1 saturated carbocycles. The van der Waals surface area contributed by atoms with Gasteiger partial charge in [0.25, 0.3) is 0 Å². The summed E-state index contributed by atoms with van der Waals surface area (Å²) in [6.07, 6.45) is 5.50. The van der Waals surface area contributed by atoms with E-state index in [1.807, 2.05) is 30.7 Å². The second-order valence-electron chi connectivity index (χ2n) is 10.3. The highest BCUT2D eigenvalue weighted by Crippen LogP contribution is 2.59. The number of pyridine rings is 1. The van der Waals surface area contributed by atoms with E-state index in [0.29, 0.717) is 58.3 Å². The molecule has 192 valence electrons. The topological polar surface area (TPSA) is 105 Å². The van der Waals surface area contributed by atoms with Gasteiger partial charge in [-0.3, -0.25) is 0 Å². The zero-order chi connectivity index (χ0) is 26.2. The number of anilines is 1. The average Bonchev–Trinajstić information content (AvgIpc) is 3.49. The second-order valence-corrected chi connectivity index (χ2v) is 11.0. The van der Waals surface area contributed by atoms with Crippen molar-refractivity contribution in [1.82, 2.24) is 19.5 Å². The van der Waals surface area contributed by atoms with Crippen molar-refractivity contribution in [3.8, 4) is 0 Å². The van der Waals surface area contributed by atoms with Crippen LogP contribution in [0.5, 0.6) is 0 Å². The normalized spacial score (nSPS) is 26.7. The van der Waals surface area contributed by atoms with Crippen LogP contribution in [0, 0.1) is 11.2 Å². The molecule has 8 nitrogen and oxygen atoms in total. The number of ether oxygens (including phenoxy) is 2. The largest absolute Gasteiger partial charge is 0.382 e. The first-order valence-electron chi connectivity index (χ1n) is 11.9. The van der Waals surface area contributed by atoms with Crippen molar-refractivity contribution >= 4 is 57.2 Å². The minimum Gasteiger partial charge on any atom is -0.382 e. The predicted octanol–water partition coefficient (Wildman–Crippen LogP) is 5.42. The number of aryl methyl sites for hydroxylation is 1. The molecule has 3 atom stereocenters. The third-order valence-corrected chi connectivity index (χ3v) is 8.19. The van der Waals surface area contributed by atoms with E-state index in [4.69, 9.17) is 38.4 Å². The lowest BCUT2D eigenvalue weighted by Gasteiger charge is -2.34. The van der Waals surface area contributed by atoms with Gasteiger partial charge < -0.3 is 24.6 Å². The molecule has 1 aromatic carbocycles. The van der Waals surface area contributed by atoms with Crippen molar-refractivity contribution in [2.24, 2.45) is 5.41 Å². The number of nitrogens with zero attached hydrogens (tertiary/aromatic N) is 4. The van der Waals surface area contributed by atoms with Crippen LogP contribution in [-0.2, 0) is 26.4 Å². The summed E-state index contributed by atoms with van der Waals surface area (Å²) in [5, 5.41) is 1.52. The number of carbonyl (C=O) groups excluding carboxylic acids is 1. The Morgan fingerprint density at radius 3 is 2.81 bits per heavy atom. The van der Waals surface area contributed by atoms with Crippen LogP contribution in [0.1, 0.15) is 38.7 Å². The number of carbonyl (C=O) groups is 1. The lowest BCUT2D eigenvalue weighted by atomic mass is 9.79. The van der Waals surface area contributed by atoms with Gasteiger partial charge in [0.15, 0.2) is 11.5 Å². The molecule has 0 bridgehead atoms. The highest BCUT2D eigenvalue weighted by Gasteiger charge is 2.67. The van der Waals surface area contributed by atoms with Crippen LogP contribution in [0.3, 0.4) is 0 Å². The summed E-state index contributed by atoms with van der Waals surface area (Å²) in [6.45, 7) is 3.66. The quantitative estimate of drug-likeness (QED) is 0.264. The summed E-state index contributed by atoms with van der Waals surface area (Å²) in [4.78, 5) is 25.5. The van der Waals surface area contributed by atoms with Gasteiger partial charge in [0.1, 0.15) is 41.2 Å². The molecule has 2 fully saturated rings. The maximum atomic E-state index is 14.9. The summed E-state index contributed by atoms with van der Waals surface area (Å²) in [5.74, 6) is -1.25. The third kappa shape index (κ3) is 3.71. The molecule has 4 aromatic rings. The standard InChI is InChI=1S/C26H24Cl2FN5O3/c1-24(2)36-23-25(12-35,5-3-14-9-18(29)16-11-17(27)21(30)33-19(16)10-14)6-7-26(23,37-24)34-8-4-15-20(28)31-13-32-22(15)34/h4,8-13,23H,3,5-7H2,1-2H3,(H2,30,33)/t23-,25+,26-/m1/s1. The fourth-order valence-electron chi connectivity index (χ4n) is 5.93. The second kappa shape index (κ2) is 8.33. The smallest absolute Gasteiger partial charge is 0.176 e. The highest BCUT2D eigenvalue weighted by atomic mass is 35.5. The molecule has 11 heteroatoms. The van der Waals surface area contributed by atoms with Crippen LogP contribution >= 0.6 is 23.2 Å². The molecule has 0 unspecified atom stereocenters.